The lowest BCUT2D eigenvalue weighted by molar-refractivity contribution is -0.0121. The van der Waals surface area contributed by atoms with Crippen LogP contribution in [0, 0.1) is 11.8 Å². The molecule has 0 aromatic carbocycles. The second-order valence-corrected chi connectivity index (χ2v) is 9.75. The molecule has 0 aromatic heterocycles. The lowest BCUT2D eigenvalue weighted by Crippen LogP contribution is -2.60. The van der Waals surface area contributed by atoms with Crippen molar-refractivity contribution in [3.63, 3.8) is 0 Å². The van der Waals surface area contributed by atoms with Crippen molar-refractivity contribution < 1.29 is 4.74 Å². The van der Waals surface area contributed by atoms with Gasteiger partial charge < -0.3 is 15.0 Å². The molecule has 4 rings (SSSR count). The van der Waals surface area contributed by atoms with Gasteiger partial charge in [0.2, 0.25) is 0 Å². The van der Waals surface area contributed by atoms with Crippen LogP contribution in [0.25, 0.3) is 0 Å². The Labute approximate surface area is 167 Å². The molecule has 0 spiro atoms. The van der Waals surface area contributed by atoms with Crippen LogP contribution in [-0.4, -0.2) is 67.4 Å². The van der Waals surface area contributed by atoms with Gasteiger partial charge in [0.15, 0.2) is 0 Å². The minimum absolute atomic E-state index is 0.827. The summed E-state index contributed by atoms with van der Waals surface area (Å²) in [6.45, 7) is 9.24. The molecule has 2 aliphatic heterocycles. The summed E-state index contributed by atoms with van der Waals surface area (Å²) in [6.07, 6.45) is 15.3. The van der Waals surface area contributed by atoms with Crippen LogP contribution >= 0.6 is 0 Å². The number of nitrogens with one attached hydrogen (secondary N) is 1. The molecule has 156 valence electrons. The van der Waals surface area contributed by atoms with Crippen molar-refractivity contribution in [1.29, 1.82) is 0 Å². The third-order valence-corrected chi connectivity index (χ3v) is 8.00. The predicted octanol–water partition coefficient (Wildman–Crippen LogP) is 3.86. The normalized spacial score (nSPS) is 37.2. The second kappa shape index (κ2) is 10.0. The number of likely N-dealkylation sites (tertiary alicyclic amines) is 1. The molecule has 27 heavy (non-hydrogen) atoms. The van der Waals surface area contributed by atoms with E-state index >= 15 is 0 Å². The Hall–Kier alpha value is -0.160. The SMILES string of the molecule is CCCOCC1CCC(N2CCC(N3CNC[C@H]4CCCC[C@@H]43)CC2)CC1. The Morgan fingerprint density at radius 2 is 1.67 bits per heavy atom. The minimum atomic E-state index is 0.827. The molecule has 4 fully saturated rings. The van der Waals surface area contributed by atoms with E-state index in [1.54, 1.807) is 0 Å². The third kappa shape index (κ3) is 5.07. The molecule has 0 unspecified atom stereocenters. The van der Waals surface area contributed by atoms with Crippen LogP contribution < -0.4 is 5.32 Å². The first-order valence-corrected chi connectivity index (χ1v) is 12.1. The summed E-state index contributed by atoms with van der Waals surface area (Å²) in [4.78, 5) is 5.72. The van der Waals surface area contributed by atoms with Crippen molar-refractivity contribution >= 4 is 0 Å². The summed E-state index contributed by atoms with van der Waals surface area (Å²) in [6, 6.07) is 2.57. The van der Waals surface area contributed by atoms with E-state index in [4.69, 9.17) is 4.74 Å². The van der Waals surface area contributed by atoms with Crippen molar-refractivity contribution in [3.05, 3.63) is 0 Å². The molecule has 4 aliphatic rings. The Morgan fingerprint density at radius 3 is 2.44 bits per heavy atom. The van der Waals surface area contributed by atoms with Gasteiger partial charge >= 0.3 is 0 Å². The number of nitrogens with zero attached hydrogens (tertiary/aromatic N) is 2. The quantitative estimate of drug-likeness (QED) is 0.712. The van der Waals surface area contributed by atoms with Crippen molar-refractivity contribution in [2.45, 2.75) is 95.7 Å². The van der Waals surface area contributed by atoms with Gasteiger partial charge in [0, 0.05) is 44.6 Å². The number of hydrogen-bond acceptors (Lipinski definition) is 4. The fourth-order valence-corrected chi connectivity index (χ4v) is 6.41. The number of piperidine rings is 1. The number of hydrogen-bond donors (Lipinski definition) is 1. The Balaban J connectivity index is 1.20. The molecule has 2 saturated heterocycles. The van der Waals surface area contributed by atoms with Gasteiger partial charge in [-0.05, 0) is 82.7 Å². The smallest absolute Gasteiger partial charge is 0.0494 e. The van der Waals surface area contributed by atoms with Crippen molar-refractivity contribution in [1.82, 2.24) is 15.1 Å². The average molecular weight is 378 g/mol. The van der Waals surface area contributed by atoms with Gasteiger partial charge in [-0.2, -0.15) is 0 Å². The van der Waals surface area contributed by atoms with Gasteiger partial charge in [0.1, 0.15) is 0 Å². The molecule has 4 heteroatoms. The van der Waals surface area contributed by atoms with E-state index in [0.717, 1.165) is 56.3 Å². The molecule has 2 heterocycles. The monoisotopic (exact) mass is 377 g/mol. The van der Waals surface area contributed by atoms with Crippen LogP contribution in [0.15, 0.2) is 0 Å². The second-order valence-electron chi connectivity index (χ2n) is 9.75. The molecule has 0 aromatic rings. The zero-order valence-electron chi connectivity index (χ0n) is 17.7. The lowest BCUT2D eigenvalue weighted by atomic mass is 9.81. The van der Waals surface area contributed by atoms with E-state index in [0.29, 0.717) is 0 Å². The van der Waals surface area contributed by atoms with Gasteiger partial charge in [-0.1, -0.05) is 19.8 Å². The fourth-order valence-electron chi connectivity index (χ4n) is 6.41. The fraction of sp³-hybridized carbons (Fsp3) is 1.00. The summed E-state index contributed by atoms with van der Waals surface area (Å²) in [7, 11) is 0. The molecule has 4 nitrogen and oxygen atoms in total. The largest absolute Gasteiger partial charge is 0.381 e. The van der Waals surface area contributed by atoms with Crippen molar-refractivity contribution in [2.24, 2.45) is 11.8 Å². The highest BCUT2D eigenvalue weighted by molar-refractivity contribution is 4.93. The molecule has 2 saturated carbocycles. The van der Waals surface area contributed by atoms with Crippen LogP contribution in [0.3, 0.4) is 0 Å². The summed E-state index contributed by atoms with van der Waals surface area (Å²) in [5, 5.41) is 3.73. The highest BCUT2D eigenvalue weighted by Crippen LogP contribution is 2.35. The first-order valence-electron chi connectivity index (χ1n) is 12.1. The summed E-state index contributed by atoms with van der Waals surface area (Å²) in [5.74, 6) is 1.75. The molecule has 2 atom stereocenters. The molecule has 0 amide bonds. The maximum absolute atomic E-state index is 5.80. The number of ether oxygens (including phenoxy) is 1. The highest BCUT2D eigenvalue weighted by Gasteiger charge is 2.38. The number of fused-ring (bicyclic) bond motifs is 1. The van der Waals surface area contributed by atoms with Gasteiger partial charge in [-0.15, -0.1) is 0 Å². The topological polar surface area (TPSA) is 27.7 Å². The minimum Gasteiger partial charge on any atom is -0.381 e. The van der Waals surface area contributed by atoms with E-state index in [1.165, 1.54) is 83.8 Å². The van der Waals surface area contributed by atoms with E-state index in [-0.39, 0.29) is 0 Å². The first kappa shape index (κ1) is 20.1. The van der Waals surface area contributed by atoms with E-state index in [2.05, 4.69) is 22.0 Å². The maximum atomic E-state index is 5.80. The van der Waals surface area contributed by atoms with Crippen LogP contribution in [-0.2, 0) is 4.74 Å². The zero-order chi connectivity index (χ0) is 18.5. The summed E-state index contributed by atoms with van der Waals surface area (Å²) >= 11 is 0. The van der Waals surface area contributed by atoms with Gasteiger partial charge in [-0.3, -0.25) is 4.90 Å². The molecule has 0 bridgehead atoms. The highest BCUT2D eigenvalue weighted by atomic mass is 16.5. The molecular weight excluding hydrogens is 334 g/mol. The third-order valence-electron chi connectivity index (χ3n) is 8.00. The first-order chi connectivity index (χ1) is 13.3. The number of rotatable bonds is 6. The van der Waals surface area contributed by atoms with Crippen molar-refractivity contribution in [3.8, 4) is 0 Å². The molecule has 2 aliphatic carbocycles. The van der Waals surface area contributed by atoms with E-state index in [9.17, 15) is 0 Å². The van der Waals surface area contributed by atoms with Crippen LogP contribution in [0.5, 0.6) is 0 Å². The van der Waals surface area contributed by atoms with Crippen LogP contribution in [0.4, 0.5) is 0 Å². The van der Waals surface area contributed by atoms with Gasteiger partial charge in [0.05, 0.1) is 0 Å². The van der Waals surface area contributed by atoms with Crippen LogP contribution in [0.1, 0.15) is 77.6 Å². The summed E-state index contributed by atoms with van der Waals surface area (Å²) in [5.41, 5.74) is 0. The predicted molar refractivity (Wildman–Crippen MR) is 112 cm³/mol. The van der Waals surface area contributed by atoms with Gasteiger partial charge in [-0.25, -0.2) is 0 Å². The Kier molecular flexibility index (Phi) is 7.49. The summed E-state index contributed by atoms with van der Waals surface area (Å²) < 4.78 is 5.80. The lowest BCUT2D eigenvalue weighted by Gasteiger charge is -2.50. The van der Waals surface area contributed by atoms with E-state index < -0.39 is 0 Å². The standard InChI is InChI=1S/C23H43N3O/c1-2-15-27-17-19-7-9-21(10-8-19)25-13-11-22(12-14-25)26-18-24-16-20-5-3-4-6-23(20)26/h19-24H,2-18H2,1H3/t19?,20-,21?,23+/m1/s1. The molecular formula is C23H43N3O. The Morgan fingerprint density at radius 1 is 0.889 bits per heavy atom. The maximum Gasteiger partial charge on any atom is 0.0494 e. The zero-order valence-corrected chi connectivity index (χ0v) is 17.7. The molecule has 0 radical (unpaired) electrons. The average Bonchev–Trinajstić information content (AvgIpc) is 2.74. The van der Waals surface area contributed by atoms with Crippen LogP contribution in [0.2, 0.25) is 0 Å². The van der Waals surface area contributed by atoms with Gasteiger partial charge in [0.25, 0.3) is 0 Å². The Bertz CT molecular complexity index is 427. The molecule has 1 N–H and O–H groups in total. The van der Waals surface area contributed by atoms with E-state index in [1.807, 2.05) is 0 Å². The van der Waals surface area contributed by atoms with Crippen molar-refractivity contribution in [2.75, 3.05) is 39.5 Å².